The van der Waals surface area contributed by atoms with Crippen molar-refractivity contribution in [2.45, 2.75) is 19.6 Å². The van der Waals surface area contributed by atoms with Crippen LogP contribution in [0.1, 0.15) is 18.1 Å². The Morgan fingerprint density at radius 1 is 1.00 bits per heavy atom. The summed E-state index contributed by atoms with van der Waals surface area (Å²) in [5.41, 5.74) is 4.28. The molecule has 2 N–H and O–H groups in total. The molecule has 0 aliphatic rings. The molecular weight excluding hydrogens is 418 g/mol. The zero-order valence-corrected chi connectivity index (χ0v) is 18.0. The lowest BCUT2D eigenvalue weighted by molar-refractivity contribution is -0.127. The first-order chi connectivity index (χ1) is 16.1. The van der Waals surface area contributed by atoms with Gasteiger partial charge in [-0.05, 0) is 54.3 Å². The van der Waals surface area contributed by atoms with E-state index >= 15 is 0 Å². The van der Waals surface area contributed by atoms with Gasteiger partial charge in [0.15, 0.2) is 6.10 Å². The smallest absolute Gasteiger partial charge is 0.280 e. The van der Waals surface area contributed by atoms with Gasteiger partial charge in [0.25, 0.3) is 11.5 Å². The molecule has 0 saturated heterocycles. The minimum Gasteiger partial charge on any atom is -0.489 e. The molecule has 166 valence electrons. The van der Waals surface area contributed by atoms with E-state index in [-0.39, 0.29) is 5.56 Å². The average Bonchev–Trinajstić information content (AvgIpc) is 2.84. The Kier molecular flexibility index (Phi) is 6.80. The maximum Gasteiger partial charge on any atom is 0.280 e. The van der Waals surface area contributed by atoms with E-state index in [1.165, 1.54) is 6.21 Å². The van der Waals surface area contributed by atoms with Crippen molar-refractivity contribution in [1.82, 2.24) is 10.4 Å². The molecule has 1 amide bonds. The van der Waals surface area contributed by atoms with Gasteiger partial charge in [0.1, 0.15) is 18.1 Å². The Morgan fingerprint density at radius 2 is 1.70 bits per heavy atom. The third-order valence-corrected chi connectivity index (χ3v) is 4.91. The topological polar surface area (TPSA) is 92.8 Å². The fourth-order valence-electron chi connectivity index (χ4n) is 3.13. The highest BCUT2D eigenvalue weighted by Crippen LogP contribution is 2.19. The van der Waals surface area contributed by atoms with Gasteiger partial charge >= 0.3 is 0 Å². The van der Waals surface area contributed by atoms with Gasteiger partial charge in [-0.1, -0.05) is 48.5 Å². The van der Waals surface area contributed by atoms with Gasteiger partial charge in [0.2, 0.25) is 0 Å². The molecule has 0 saturated carbocycles. The molecule has 0 radical (unpaired) electrons. The number of aromatic nitrogens is 1. The van der Waals surface area contributed by atoms with Crippen molar-refractivity contribution in [3.63, 3.8) is 0 Å². The van der Waals surface area contributed by atoms with Crippen molar-refractivity contribution < 1.29 is 14.3 Å². The van der Waals surface area contributed by atoms with Crippen LogP contribution in [0, 0.1) is 0 Å². The maximum atomic E-state index is 12.3. The van der Waals surface area contributed by atoms with Gasteiger partial charge in [-0.2, -0.15) is 5.10 Å². The monoisotopic (exact) mass is 441 g/mol. The molecular formula is C26H23N3O4. The standard InChI is InChI=1S/C26H23N3O4/c1-18(33-23-13-11-22(12-14-23)32-17-19-7-3-2-4-8-19)25(30)29-27-16-21-15-20-9-5-6-10-24(20)28-26(21)31/h2-16,18H,17H2,1H3,(H,28,31)(H,29,30)/b27-16-/t18-/m0/s1. The number of carbonyl (C=O) groups is 1. The van der Waals surface area contributed by atoms with Gasteiger partial charge in [-0.25, -0.2) is 5.43 Å². The van der Waals surface area contributed by atoms with E-state index in [9.17, 15) is 9.59 Å². The molecule has 4 aromatic rings. The zero-order chi connectivity index (χ0) is 23.0. The molecule has 0 unspecified atom stereocenters. The molecule has 0 bridgehead atoms. The number of fused-ring (bicyclic) bond motifs is 1. The van der Waals surface area contributed by atoms with Crippen LogP contribution < -0.4 is 20.5 Å². The highest BCUT2D eigenvalue weighted by molar-refractivity contribution is 5.88. The number of aromatic amines is 1. The van der Waals surface area contributed by atoms with Crippen LogP contribution >= 0.6 is 0 Å². The number of hydrazone groups is 1. The number of benzene rings is 3. The number of amides is 1. The fraction of sp³-hybridized carbons (Fsp3) is 0.115. The maximum absolute atomic E-state index is 12.3. The number of nitrogens with one attached hydrogen (secondary N) is 2. The number of pyridine rings is 1. The summed E-state index contributed by atoms with van der Waals surface area (Å²) in [5.74, 6) is 0.793. The van der Waals surface area contributed by atoms with Crippen molar-refractivity contribution in [2.75, 3.05) is 0 Å². The Bertz CT molecular complexity index is 1310. The third-order valence-electron chi connectivity index (χ3n) is 4.91. The van der Waals surface area contributed by atoms with E-state index < -0.39 is 12.0 Å². The first-order valence-corrected chi connectivity index (χ1v) is 10.5. The third kappa shape index (κ3) is 5.86. The molecule has 7 heteroatoms. The molecule has 0 aliphatic heterocycles. The summed E-state index contributed by atoms with van der Waals surface area (Å²) in [6, 6.07) is 26.1. The van der Waals surface area contributed by atoms with Crippen LogP contribution in [0.4, 0.5) is 0 Å². The summed E-state index contributed by atoms with van der Waals surface area (Å²) >= 11 is 0. The lowest BCUT2D eigenvalue weighted by atomic mass is 10.2. The Hall–Kier alpha value is -4.39. The van der Waals surface area contributed by atoms with Crippen molar-refractivity contribution in [2.24, 2.45) is 5.10 Å². The number of hydrogen-bond acceptors (Lipinski definition) is 5. The van der Waals surface area contributed by atoms with E-state index in [0.717, 1.165) is 16.5 Å². The summed E-state index contributed by atoms with van der Waals surface area (Å²) in [4.78, 5) is 27.2. The molecule has 0 spiro atoms. The predicted octanol–water partition coefficient (Wildman–Crippen LogP) is 4.02. The lowest BCUT2D eigenvalue weighted by Crippen LogP contribution is -2.33. The molecule has 33 heavy (non-hydrogen) atoms. The second-order valence-corrected chi connectivity index (χ2v) is 7.38. The number of H-pyrrole nitrogens is 1. The van der Waals surface area contributed by atoms with E-state index in [4.69, 9.17) is 9.47 Å². The molecule has 1 aromatic heterocycles. The largest absolute Gasteiger partial charge is 0.489 e. The predicted molar refractivity (Wildman–Crippen MR) is 128 cm³/mol. The Labute approximate surface area is 190 Å². The van der Waals surface area contributed by atoms with E-state index in [2.05, 4.69) is 15.5 Å². The number of carbonyl (C=O) groups excluding carboxylic acids is 1. The van der Waals surface area contributed by atoms with Gasteiger partial charge in [-0.15, -0.1) is 0 Å². The first kappa shape index (κ1) is 21.8. The van der Waals surface area contributed by atoms with Crippen LogP contribution in [0.15, 0.2) is 94.8 Å². The molecule has 4 rings (SSSR count). The van der Waals surface area contributed by atoms with Crippen LogP contribution in [0.5, 0.6) is 11.5 Å². The van der Waals surface area contributed by atoms with Crippen molar-refractivity contribution in [3.05, 3.63) is 106 Å². The number of rotatable bonds is 8. The number of hydrogen-bond donors (Lipinski definition) is 2. The zero-order valence-electron chi connectivity index (χ0n) is 18.0. The van der Waals surface area contributed by atoms with Gasteiger partial charge < -0.3 is 14.5 Å². The molecule has 1 atom stereocenters. The van der Waals surface area contributed by atoms with Gasteiger partial charge in [0, 0.05) is 5.52 Å². The summed E-state index contributed by atoms with van der Waals surface area (Å²) in [5, 5.41) is 4.77. The summed E-state index contributed by atoms with van der Waals surface area (Å²) in [7, 11) is 0. The van der Waals surface area contributed by atoms with Crippen LogP contribution in [-0.4, -0.2) is 23.2 Å². The first-order valence-electron chi connectivity index (χ1n) is 10.5. The van der Waals surface area contributed by atoms with Crippen LogP contribution in [0.3, 0.4) is 0 Å². The minimum atomic E-state index is -0.784. The van der Waals surface area contributed by atoms with Crippen LogP contribution in [-0.2, 0) is 11.4 Å². The quantitative estimate of drug-likeness (QED) is 0.319. The molecule has 7 nitrogen and oxygen atoms in total. The minimum absolute atomic E-state index is 0.287. The molecule has 0 fully saturated rings. The number of para-hydroxylation sites is 1. The van der Waals surface area contributed by atoms with Gasteiger partial charge in [0.05, 0.1) is 11.8 Å². The lowest BCUT2D eigenvalue weighted by Gasteiger charge is -2.13. The number of ether oxygens (including phenoxy) is 2. The average molecular weight is 441 g/mol. The highest BCUT2D eigenvalue weighted by Gasteiger charge is 2.14. The van der Waals surface area contributed by atoms with E-state index in [1.54, 1.807) is 37.3 Å². The summed E-state index contributed by atoms with van der Waals surface area (Å²) in [6.45, 7) is 2.09. The van der Waals surface area contributed by atoms with Crippen molar-refractivity contribution in [3.8, 4) is 11.5 Å². The molecule has 3 aromatic carbocycles. The SMILES string of the molecule is C[C@H](Oc1ccc(OCc2ccccc2)cc1)C(=O)N/N=C\c1cc2ccccc2[nH]c1=O. The van der Waals surface area contributed by atoms with Crippen molar-refractivity contribution >= 4 is 23.0 Å². The summed E-state index contributed by atoms with van der Waals surface area (Å²) < 4.78 is 11.4. The highest BCUT2D eigenvalue weighted by atomic mass is 16.5. The normalized spacial score (nSPS) is 11.9. The Balaban J connectivity index is 1.29. The van der Waals surface area contributed by atoms with E-state index in [1.807, 2.05) is 54.6 Å². The number of nitrogens with zero attached hydrogens (tertiary/aromatic N) is 1. The molecule has 0 aliphatic carbocycles. The second-order valence-electron chi connectivity index (χ2n) is 7.38. The van der Waals surface area contributed by atoms with Crippen molar-refractivity contribution in [1.29, 1.82) is 0 Å². The van der Waals surface area contributed by atoms with Gasteiger partial charge in [-0.3, -0.25) is 9.59 Å². The Morgan fingerprint density at radius 3 is 2.48 bits per heavy atom. The second kappa shape index (κ2) is 10.3. The fourth-order valence-corrected chi connectivity index (χ4v) is 3.13. The van der Waals surface area contributed by atoms with E-state index in [0.29, 0.717) is 23.7 Å². The summed E-state index contributed by atoms with van der Waals surface area (Å²) in [6.07, 6.45) is 0.530. The van der Waals surface area contributed by atoms with Crippen LogP contribution in [0.2, 0.25) is 0 Å². The molecule has 1 heterocycles. The van der Waals surface area contributed by atoms with Crippen LogP contribution in [0.25, 0.3) is 10.9 Å².